The van der Waals surface area contributed by atoms with E-state index >= 15 is 0 Å². The summed E-state index contributed by atoms with van der Waals surface area (Å²) in [6.45, 7) is -0.659. The fourth-order valence-corrected chi connectivity index (χ4v) is 2.00. The van der Waals surface area contributed by atoms with Crippen molar-refractivity contribution in [3.8, 4) is 0 Å². The van der Waals surface area contributed by atoms with Gasteiger partial charge in [0.05, 0.1) is 6.61 Å². The van der Waals surface area contributed by atoms with Gasteiger partial charge in [-0.25, -0.2) is 0 Å². The molecule has 98 valence electrons. The van der Waals surface area contributed by atoms with Gasteiger partial charge in [0.25, 0.3) is 0 Å². The Hall–Kier alpha value is 0.670. The number of nitrogens with one attached hydrogen (secondary N) is 1. The second kappa shape index (κ2) is 6.73. The van der Waals surface area contributed by atoms with Gasteiger partial charge in [-0.05, 0) is 0 Å². The Balaban J connectivity index is 0. The third kappa shape index (κ3) is 4.69. The Bertz CT molecular complexity index is 342. The molecule has 9 nitrogen and oxygen atoms in total. The standard InChI is InChI=1S/C6H13NO8S.Na.H/c8-1-2-4(9)5(10)3(6(11)15-2)7-16(12,13)14;;/h2-11H,1H2,(H,12,13,14);;/q;+1;-1/t2-,3-,4+,5-,6+;;/m1../s1. The van der Waals surface area contributed by atoms with Crippen LogP contribution in [0, 0.1) is 0 Å². The fraction of sp³-hybridized carbons (Fsp3) is 1.00. The maximum Gasteiger partial charge on any atom is 1.00 e. The smallest absolute Gasteiger partial charge is 1.00 e. The summed E-state index contributed by atoms with van der Waals surface area (Å²) in [6, 6.07) is -1.62. The van der Waals surface area contributed by atoms with Crippen molar-refractivity contribution in [2.75, 3.05) is 6.61 Å². The van der Waals surface area contributed by atoms with Crippen molar-refractivity contribution in [3.05, 3.63) is 0 Å². The van der Waals surface area contributed by atoms with Crippen LogP contribution in [0.4, 0.5) is 0 Å². The molecule has 1 aliphatic rings. The summed E-state index contributed by atoms with van der Waals surface area (Å²) in [5, 5.41) is 36.8. The molecule has 1 aliphatic heterocycles. The molecule has 1 saturated heterocycles. The zero-order valence-electron chi connectivity index (χ0n) is 9.96. The van der Waals surface area contributed by atoms with Crippen LogP contribution in [-0.2, 0) is 15.0 Å². The van der Waals surface area contributed by atoms with Crippen molar-refractivity contribution >= 4 is 10.3 Å². The molecule has 0 spiro atoms. The maximum atomic E-state index is 10.5. The van der Waals surface area contributed by atoms with Crippen LogP contribution in [-0.4, -0.2) is 70.6 Å². The van der Waals surface area contributed by atoms with Crippen LogP contribution in [0.3, 0.4) is 0 Å². The van der Waals surface area contributed by atoms with Crippen LogP contribution in [0.2, 0.25) is 0 Å². The third-order valence-electron chi connectivity index (χ3n) is 2.19. The van der Waals surface area contributed by atoms with Crippen molar-refractivity contribution in [1.82, 2.24) is 4.72 Å². The molecule has 0 aliphatic carbocycles. The first kappa shape index (κ1) is 17.7. The first-order valence-corrected chi connectivity index (χ1v) is 5.75. The van der Waals surface area contributed by atoms with Crippen molar-refractivity contribution < 1.29 is 69.1 Å². The largest absolute Gasteiger partial charge is 1.00 e. The molecule has 6 N–H and O–H groups in total. The Labute approximate surface area is 121 Å². The molecule has 0 amide bonds. The average molecular weight is 283 g/mol. The summed E-state index contributed by atoms with van der Waals surface area (Å²) in [5.74, 6) is 0. The molecule has 11 heteroatoms. The van der Waals surface area contributed by atoms with Crippen molar-refractivity contribution in [2.24, 2.45) is 0 Å². The van der Waals surface area contributed by atoms with Crippen LogP contribution in [0.1, 0.15) is 1.43 Å². The first-order valence-electron chi connectivity index (χ1n) is 4.31. The molecule has 1 fully saturated rings. The van der Waals surface area contributed by atoms with Crippen molar-refractivity contribution in [2.45, 2.75) is 30.6 Å². The van der Waals surface area contributed by atoms with Gasteiger partial charge in [0.2, 0.25) is 0 Å². The van der Waals surface area contributed by atoms with Gasteiger partial charge in [0, 0.05) is 0 Å². The second-order valence-corrected chi connectivity index (χ2v) is 4.53. The van der Waals surface area contributed by atoms with E-state index in [0.717, 1.165) is 0 Å². The Morgan fingerprint density at radius 3 is 2.18 bits per heavy atom. The van der Waals surface area contributed by atoms with E-state index in [-0.39, 0.29) is 31.0 Å². The molecular formula is C6H14NNaO8S. The van der Waals surface area contributed by atoms with E-state index in [9.17, 15) is 23.7 Å². The number of aliphatic hydroxyl groups excluding tert-OH is 4. The summed E-state index contributed by atoms with van der Waals surface area (Å²) < 4.78 is 35.6. The summed E-state index contributed by atoms with van der Waals surface area (Å²) in [4.78, 5) is 0. The minimum absolute atomic E-state index is 0. The molecule has 0 aromatic heterocycles. The quantitative estimate of drug-likeness (QED) is 0.220. The Morgan fingerprint density at radius 1 is 1.24 bits per heavy atom. The molecule has 17 heavy (non-hydrogen) atoms. The van der Waals surface area contributed by atoms with E-state index in [4.69, 9.17) is 9.66 Å². The van der Waals surface area contributed by atoms with Gasteiger partial charge in [-0.15, -0.1) is 0 Å². The maximum absolute atomic E-state index is 10.5. The summed E-state index contributed by atoms with van der Waals surface area (Å²) in [5.41, 5.74) is 0. The molecule has 1 rings (SSSR count). The monoisotopic (exact) mass is 283 g/mol. The second-order valence-electron chi connectivity index (χ2n) is 3.35. The van der Waals surface area contributed by atoms with Gasteiger partial charge in [0.1, 0.15) is 24.4 Å². The number of hydrogen-bond donors (Lipinski definition) is 6. The van der Waals surface area contributed by atoms with Gasteiger partial charge in [-0.2, -0.15) is 13.1 Å². The molecular weight excluding hydrogens is 269 g/mol. The van der Waals surface area contributed by atoms with Crippen molar-refractivity contribution in [1.29, 1.82) is 0 Å². The number of hydrogen-bond acceptors (Lipinski definition) is 7. The number of ether oxygens (including phenoxy) is 1. The minimum atomic E-state index is -4.66. The van der Waals surface area contributed by atoms with Crippen LogP contribution in [0.15, 0.2) is 0 Å². The topological polar surface area (TPSA) is 157 Å². The van der Waals surface area contributed by atoms with Crippen LogP contribution < -0.4 is 34.3 Å². The van der Waals surface area contributed by atoms with Gasteiger partial charge >= 0.3 is 39.9 Å². The Morgan fingerprint density at radius 2 is 1.76 bits per heavy atom. The van der Waals surface area contributed by atoms with Gasteiger partial charge in [-0.3, -0.25) is 4.55 Å². The SMILES string of the molecule is O=S(=O)(O)N[C@@H]1[C@@H](O)[C@@H](O)[C@@H](CO)O[C@@H]1O.[H-].[Na+]. The Kier molecular flexibility index (Phi) is 6.99. The molecule has 1 heterocycles. The van der Waals surface area contributed by atoms with Crippen LogP contribution in [0.5, 0.6) is 0 Å². The van der Waals surface area contributed by atoms with E-state index < -0.39 is 47.6 Å². The summed E-state index contributed by atoms with van der Waals surface area (Å²) in [7, 11) is -4.66. The zero-order valence-corrected chi connectivity index (χ0v) is 11.8. The first-order chi connectivity index (χ1) is 7.26. The van der Waals surface area contributed by atoms with Crippen molar-refractivity contribution in [3.63, 3.8) is 0 Å². The molecule has 0 radical (unpaired) electrons. The van der Waals surface area contributed by atoms with E-state index in [0.29, 0.717) is 0 Å². The minimum Gasteiger partial charge on any atom is -1.00 e. The van der Waals surface area contributed by atoms with Gasteiger partial charge in [0.15, 0.2) is 6.29 Å². The molecule has 5 atom stereocenters. The molecule has 0 aromatic carbocycles. The van der Waals surface area contributed by atoms with E-state index in [1.165, 1.54) is 4.72 Å². The average Bonchev–Trinajstić information content (AvgIpc) is 2.17. The normalized spacial score (nSPS) is 38.5. The van der Waals surface area contributed by atoms with Gasteiger partial charge in [-0.1, -0.05) is 0 Å². The van der Waals surface area contributed by atoms with E-state index in [2.05, 4.69) is 4.74 Å². The van der Waals surface area contributed by atoms with E-state index in [1.807, 2.05) is 0 Å². The predicted molar refractivity (Wildman–Crippen MR) is 49.6 cm³/mol. The third-order valence-corrected chi connectivity index (χ3v) is 2.76. The van der Waals surface area contributed by atoms with Crippen LogP contribution in [0.25, 0.3) is 0 Å². The van der Waals surface area contributed by atoms with Crippen LogP contribution >= 0.6 is 0 Å². The van der Waals surface area contributed by atoms with Gasteiger partial charge < -0.3 is 26.6 Å². The fourth-order valence-electron chi connectivity index (χ4n) is 1.40. The molecule has 0 aromatic rings. The predicted octanol–water partition coefficient (Wildman–Crippen LogP) is -6.70. The molecule has 0 bridgehead atoms. The van der Waals surface area contributed by atoms with E-state index in [1.54, 1.807) is 0 Å². The summed E-state index contributed by atoms with van der Waals surface area (Å²) >= 11 is 0. The number of rotatable bonds is 3. The number of aliphatic hydroxyl groups is 4. The molecule has 0 unspecified atom stereocenters. The zero-order chi connectivity index (χ0) is 12.5. The molecule has 0 saturated carbocycles. The summed E-state index contributed by atoms with van der Waals surface area (Å²) in [6.07, 6.45) is -6.34.